The van der Waals surface area contributed by atoms with Gasteiger partial charge in [-0.05, 0) is 31.0 Å². The fourth-order valence-corrected chi connectivity index (χ4v) is 2.52. The molecule has 1 aromatic heterocycles. The van der Waals surface area contributed by atoms with E-state index in [1.807, 2.05) is 23.1 Å². The van der Waals surface area contributed by atoms with Crippen molar-refractivity contribution < 1.29 is 0 Å². The lowest BCUT2D eigenvalue weighted by molar-refractivity contribution is 0.487. The van der Waals surface area contributed by atoms with Crippen LogP contribution in [0.25, 0.3) is 0 Å². The van der Waals surface area contributed by atoms with Crippen molar-refractivity contribution in [1.29, 1.82) is 0 Å². The molecule has 1 atom stereocenters. The zero-order chi connectivity index (χ0) is 14.1. The highest BCUT2D eigenvalue weighted by Gasteiger charge is 2.07. The van der Waals surface area contributed by atoms with Crippen LogP contribution in [-0.2, 0) is 6.42 Å². The summed E-state index contributed by atoms with van der Waals surface area (Å²) in [5.41, 5.74) is 0. The predicted molar refractivity (Wildman–Crippen MR) is 105 cm³/mol. The van der Waals surface area contributed by atoms with Crippen LogP contribution in [-0.4, -0.2) is 49.0 Å². The molecule has 0 aliphatic rings. The maximum atomic E-state index is 4.70. The van der Waals surface area contributed by atoms with Crippen LogP contribution in [0.1, 0.15) is 18.7 Å². The van der Waals surface area contributed by atoms with E-state index in [0.717, 1.165) is 32.0 Å². The minimum absolute atomic E-state index is 0. The molecule has 3 nitrogen and oxygen atoms in total. The number of hydrogen-bond acceptors (Lipinski definition) is 3. The Hall–Kier alpha value is 0.0500. The summed E-state index contributed by atoms with van der Waals surface area (Å²) in [5.74, 6) is 1.01. The van der Waals surface area contributed by atoms with Crippen molar-refractivity contribution in [3.8, 4) is 0 Å². The normalized spacial score (nSPS) is 12.7. The smallest absolute Gasteiger partial charge is 0.193 e. The second kappa shape index (κ2) is 11.7. The second-order valence-electron chi connectivity index (χ2n) is 4.49. The first-order valence-electron chi connectivity index (χ1n) is 6.72. The van der Waals surface area contributed by atoms with Gasteiger partial charge >= 0.3 is 0 Å². The molecule has 0 aromatic carbocycles. The van der Waals surface area contributed by atoms with E-state index in [0.29, 0.717) is 5.25 Å². The average molecular weight is 427 g/mol. The van der Waals surface area contributed by atoms with Crippen molar-refractivity contribution in [2.45, 2.75) is 25.5 Å². The molecule has 1 aromatic rings. The van der Waals surface area contributed by atoms with Gasteiger partial charge in [-0.2, -0.15) is 11.8 Å². The summed E-state index contributed by atoms with van der Waals surface area (Å²) in [5, 5.41) is 6.06. The minimum atomic E-state index is 0. The third kappa shape index (κ3) is 7.73. The summed E-state index contributed by atoms with van der Waals surface area (Å²) in [7, 11) is 2.11. The lowest BCUT2D eigenvalue weighted by Gasteiger charge is -2.22. The Morgan fingerprint density at radius 3 is 2.85 bits per heavy atom. The first-order chi connectivity index (χ1) is 9.17. The molecule has 1 heterocycles. The summed E-state index contributed by atoms with van der Waals surface area (Å²) in [6, 6.07) is 4.30. The van der Waals surface area contributed by atoms with Crippen LogP contribution in [0.5, 0.6) is 0 Å². The van der Waals surface area contributed by atoms with Gasteiger partial charge in [0, 0.05) is 30.3 Å². The summed E-state index contributed by atoms with van der Waals surface area (Å²) in [6.45, 7) is 7.10. The molecule has 20 heavy (non-hydrogen) atoms. The predicted octanol–water partition coefficient (Wildman–Crippen LogP) is 3.56. The third-order valence-corrected chi connectivity index (χ3v) is 4.76. The van der Waals surface area contributed by atoms with E-state index in [1.165, 1.54) is 4.88 Å². The zero-order valence-corrected chi connectivity index (χ0v) is 16.7. The largest absolute Gasteiger partial charge is 0.357 e. The lowest BCUT2D eigenvalue weighted by Crippen LogP contribution is -2.40. The van der Waals surface area contributed by atoms with Crippen molar-refractivity contribution in [2.75, 3.05) is 32.9 Å². The molecule has 0 aliphatic heterocycles. The molecule has 0 spiro atoms. The van der Waals surface area contributed by atoms with Crippen LogP contribution in [0.3, 0.4) is 0 Å². The molecule has 1 rings (SSSR count). The number of aliphatic imine (C=N–C) groups is 1. The fourth-order valence-electron chi connectivity index (χ4n) is 1.60. The molecule has 116 valence electrons. The van der Waals surface area contributed by atoms with Gasteiger partial charge in [0.25, 0.3) is 0 Å². The molecule has 0 saturated carbocycles. The van der Waals surface area contributed by atoms with Crippen LogP contribution < -0.4 is 5.32 Å². The Balaban J connectivity index is 0.00000361. The molecule has 0 radical (unpaired) electrons. The molecular weight excluding hydrogens is 401 g/mol. The maximum Gasteiger partial charge on any atom is 0.193 e. The number of thioether (sulfide) groups is 1. The van der Waals surface area contributed by atoms with Gasteiger partial charge in [0.05, 0.1) is 6.54 Å². The fraction of sp³-hybridized carbons (Fsp3) is 0.643. The van der Waals surface area contributed by atoms with Gasteiger partial charge in [0.1, 0.15) is 0 Å². The SMILES string of the molecule is CCNC(=NCC(C)SC)N(C)CCc1cccs1.I. The van der Waals surface area contributed by atoms with Crippen molar-refractivity contribution in [2.24, 2.45) is 4.99 Å². The van der Waals surface area contributed by atoms with E-state index < -0.39 is 0 Å². The van der Waals surface area contributed by atoms with E-state index >= 15 is 0 Å². The van der Waals surface area contributed by atoms with Gasteiger partial charge in [-0.25, -0.2) is 0 Å². The monoisotopic (exact) mass is 427 g/mol. The van der Waals surface area contributed by atoms with Crippen LogP contribution >= 0.6 is 47.1 Å². The Morgan fingerprint density at radius 2 is 2.30 bits per heavy atom. The quantitative estimate of drug-likeness (QED) is 0.410. The van der Waals surface area contributed by atoms with Crippen LogP contribution in [0.4, 0.5) is 0 Å². The molecular formula is C14H26IN3S2. The Bertz CT molecular complexity index is 369. The average Bonchev–Trinajstić information content (AvgIpc) is 2.93. The van der Waals surface area contributed by atoms with Gasteiger partial charge in [-0.1, -0.05) is 13.0 Å². The summed E-state index contributed by atoms with van der Waals surface area (Å²) in [4.78, 5) is 8.35. The third-order valence-electron chi connectivity index (χ3n) is 2.87. The number of guanidine groups is 1. The summed E-state index contributed by atoms with van der Waals surface area (Å²) < 4.78 is 0. The van der Waals surface area contributed by atoms with E-state index in [4.69, 9.17) is 4.99 Å². The molecule has 0 saturated heterocycles. The summed E-state index contributed by atoms with van der Waals surface area (Å²) in [6.07, 6.45) is 3.21. The van der Waals surface area contributed by atoms with E-state index in [-0.39, 0.29) is 24.0 Å². The highest BCUT2D eigenvalue weighted by Crippen LogP contribution is 2.09. The molecule has 0 amide bonds. The van der Waals surface area contributed by atoms with Gasteiger partial charge in [-0.3, -0.25) is 4.99 Å². The van der Waals surface area contributed by atoms with Crippen LogP contribution in [0.2, 0.25) is 0 Å². The van der Waals surface area contributed by atoms with E-state index in [2.05, 4.69) is 54.9 Å². The molecule has 1 N–H and O–H groups in total. The number of rotatable bonds is 7. The highest BCUT2D eigenvalue weighted by atomic mass is 127. The number of hydrogen-bond donors (Lipinski definition) is 1. The van der Waals surface area contributed by atoms with Crippen molar-refractivity contribution >= 4 is 53.0 Å². The Kier molecular flexibility index (Phi) is 11.7. The van der Waals surface area contributed by atoms with Crippen molar-refractivity contribution in [3.63, 3.8) is 0 Å². The number of halogens is 1. The van der Waals surface area contributed by atoms with E-state index in [9.17, 15) is 0 Å². The molecule has 0 bridgehead atoms. The number of nitrogens with one attached hydrogen (secondary N) is 1. The molecule has 1 unspecified atom stereocenters. The zero-order valence-electron chi connectivity index (χ0n) is 12.8. The van der Waals surface area contributed by atoms with Gasteiger partial charge in [0.15, 0.2) is 5.96 Å². The molecule has 6 heteroatoms. The van der Waals surface area contributed by atoms with Crippen molar-refractivity contribution in [1.82, 2.24) is 10.2 Å². The summed E-state index contributed by atoms with van der Waals surface area (Å²) >= 11 is 3.68. The number of likely N-dealkylation sites (N-methyl/N-ethyl adjacent to an activating group) is 1. The van der Waals surface area contributed by atoms with Crippen molar-refractivity contribution in [3.05, 3.63) is 22.4 Å². The number of nitrogens with zero attached hydrogens (tertiary/aromatic N) is 2. The second-order valence-corrected chi connectivity index (χ2v) is 6.80. The number of thiophene rings is 1. The standard InChI is InChI=1S/C14H25N3S2.HI/c1-5-15-14(16-11-12(2)18-4)17(3)9-8-13-7-6-10-19-13;/h6-7,10,12H,5,8-9,11H2,1-4H3,(H,15,16);1H. The van der Waals surface area contributed by atoms with Crippen LogP contribution in [0, 0.1) is 0 Å². The first kappa shape index (κ1) is 20.1. The highest BCUT2D eigenvalue weighted by molar-refractivity contribution is 14.0. The Labute approximate surface area is 148 Å². The minimum Gasteiger partial charge on any atom is -0.357 e. The van der Waals surface area contributed by atoms with Gasteiger partial charge < -0.3 is 10.2 Å². The topological polar surface area (TPSA) is 27.6 Å². The lowest BCUT2D eigenvalue weighted by atomic mass is 10.3. The van der Waals surface area contributed by atoms with E-state index in [1.54, 1.807) is 0 Å². The molecule has 0 fully saturated rings. The maximum absolute atomic E-state index is 4.70. The van der Waals surface area contributed by atoms with Crippen LogP contribution in [0.15, 0.2) is 22.5 Å². The Morgan fingerprint density at radius 1 is 1.55 bits per heavy atom. The van der Waals surface area contributed by atoms with Gasteiger partial charge in [-0.15, -0.1) is 35.3 Å². The van der Waals surface area contributed by atoms with Gasteiger partial charge in [0.2, 0.25) is 0 Å². The molecule has 0 aliphatic carbocycles. The first-order valence-corrected chi connectivity index (χ1v) is 8.88.